The molecule has 0 bridgehead atoms. The highest BCUT2D eigenvalue weighted by Gasteiger charge is 2.28. The molecule has 2 aliphatic rings. The Morgan fingerprint density at radius 1 is 1.07 bits per heavy atom. The summed E-state index contributed by atoms with van der Waals surface area (Å²) in [6.07, 6.45) is 5.40. The Kier molecular flexibility index (Phi) is 5.25. The second-order valence-corrected chi connectivity index (χ2v) is 7.15. The molecule has 6 heteroatoms. The van der Waals surface area contributed by atoms with E-state index >= 15 is 0 Å². The van der Waals surface area contributed by atoms with Gasteiger partial charge in [0.05, 0.1) is 23.6 Å². The van der Waals surface area contributed by atoms with E-state index in [-0.39, 0.29) is 17.9 Å². The van der Waals surface area contributed by atoms with Gasteiger partial charge in [-0.3, -0.25) is 14.5 Å². The summed E-state index contributed by atoms with van der Waals surface area (Å²) >= 11 is 0. The summed E-state index contributed by atoms with van der Waals surface area (Å²) in [7, 11) is 0. The van der Waals surface area contributed by atoms with Crippen molar-refractivity contribution in [2.75, 3.05) is 31.1 Å². The molecule has 6 nitrogen and oxygen atoms in total. The van der Waals surface area contributed by atoms with Crippen LogP contribution < -0.4 is 10.2 Å². The topological polar surface area (TPSA) is 65.8 Å². The highest BCUT2D eigenvalue weighted by Crippen LogP contribution is 2.27. The van der Waals surface area contributed by atoms with Crippen LogP contribution in [0.25, 0.3) is 0 Å². The summed E-state index contributed by atoms with van der Waals surface area (Å²) in [4.78, 5) is 29.1. The van der Waals surface area contributed by atoms with Gasteiger partial charge in [0, 0.05) is 19.5 Å². The van der Waals surface area contributed by atoms with Crippen LogP contribution in [0.4, 0.5) is 5.69 Å². The first-order valence-corrected chi connectivity index (χ1v) is 9.69. The van der Waals surface area contributed by atoms with E-state index in [4.69, 9.17) is 4.42 Å². The zero-order chi connectivity index (χ0) is 18.6. The Hall–Kier alpha value is -2.60. The maximum atomic E-state index is 12.9. The molecule has 1 atom stereocenters. The second kappa shape index (κ2) is 7.96. The fourth-order valence-corrected chi connectivity index (χ4v) is 4.03. The van der Waals surface area contributed by atoms with Crippen LogP contribution in [0, 0.1) is 0 Å². The first-order valence-electron chi connectivity index (χ1n) is 9.69. The number of rotatable bonds is 6. The minimum atomic E-state index is -0.152. The summed E-state index contributed by atoms with van der Waals surface area (Å²) in [5.74, 6) is 0.807. The van der Waals surface area contributed by atoms with E-state index in [0.717, 1.165) is 25.3 Å². The van der Waals surface area contributed by atoms with Gasteiger partial charge in [0.25, 0.3) is 5.91 Å². The van der Waals surface area contributed by atoms with Crippen molar-refractivity contribution in [3.05, 3.63) is 54.0 Å². The Bertz CT molecular complexity index is 797. The molecule has 2 saturated heterocycles. The molecule has 2 aromatic rings. The number of benzene rings is 1. The summed E-state index contributed by atoms with van der Waals surface area (Å²) in [5.41, 5.74) is 1.25. The summed E-state index contributed by atoms with van der Waals surface area (Å²) < 4.78 is 5.62. The van der Waals surface area contributed by atoms with Gasteiger partial charge in [-0.15, -0.1) is 0 Å². The quantitative estimate of drug-likeness (QED) is 0.852. The van der Waals surface area contributed by atoms with E-state index < -0.39 is 0 Å². The lowest BCUT2D eigenvalue weighted by atomic mass is 10.1. The van der Waals surface area contributed by atoms with E-state index in [0.29, 0.717) is 30.8 Å². The number of likely N-dealkylation sites (tertiary alicyclic amines) is 1. The maximum absolute atomic E-state index is 12.9. The maximum Gasteiger partial charge on any atom is 0.253 e. The Morgan fingerprint density at radius 2 is 1.89 bits per heavy atom. The third kappa shape index (κ3) is 3.76. The summed E-state index contributed by atoms with van der Waals surface area (Å²) in [6, 6.07) is 11.2. The Labute approximate surface area is 159 Å². The predicted octanol–water partition coefficient (Wildman–Crippen LogP) is 2.97. The number of furan rings is 1. The molecule has 0 unspecified atom stereocenters. The van der Waals surface area contributed by atoms with Crippen molar-refractivity contribution in [3.63, 3.8) is 0 Å². The molecule has 4 rings (SSSR count). The minimum absolute atomic E-state index is 0.0343. The van der Waals surface area contributed by atoms with Crippen molar-refractivity contribution in [1.29, 1.82) is 0 Å². The molecular weight excluding hydrogens is 342 g/mol. The third-order valence-corrected chi connectivity index (χ3v) is 5.42. The molecular formula is C21H25N3O3. The smallest absolute Gasteiger partial charge is 0.253 e. The lowest BCUT2D eigenvalue weighted by Gasteiger charge is -2.26. The van der Waals surface area contributed by atoms with Gasteiger partial charge in [0.15, 0.2) is 0 Å². The highest BCUT2D eigenvalue weighted by molar-refractivity contribution is 6.05. The number of nitrogens with zero attached hydrogens (tertiary/aromatic N) is 2. The van der Waals surface area contributed by atoms with Crippen LogP contribution in [-0.2, 0) is 4.79 Å². The fraction of sp³-hybridized carbons (Fsp3) is 0.429. The molecule has 1 aromatic heterocycles. The van der Waals surface area contributed by atoms with E-state index in [2.05, 4.69) is 10.2 Å². The number of anilines is 1. The van der Waals surface area contributed by atoms with Gasteiger partial charge >= 0.3 is 0 Å². The zero-order valence-electron chi connectivity index (χ0n) is 15.4. The van der Waals surface area contributed by atoms with Crippen LogP contribution >= 0.6 is 0 Å². The normalized spacial score (nSPS) is 18.8. The average molecular weight is 367 g/mol. The van der Waals surface area contributed by atoms with E-state index in [9.17, 15) is 9.59 Å². The van der Waals surface area contributed by atoms with Crippen LogP contribution in [0.15, 0.2) is 47.1 Å². The van der Waals surface area contributed by atoms with E-state index in [1.165, 1.54) is 12.8 Å². The number of para-hydroxylation sites is 1. The van der Waals surface area contributed by atoms with Crippen LogP contribution in [0.1, 0.15) is 47.8 Å². The largest absolute Gasteiger partial charge is 0.468 e. The number of hydrogen-bond donors (Lipinski definition) is 1. The first-order chi connectivity index (χ1) is 13.2. The molecule has 0 saturated carbocycles. The first kappa shape index (κ1) is 17.8. The highest BCUT2D eigenvalue weighted by atomic mass is 16.3. The van der Waals surface area contributed by atoms with Gasteiger partial charge in [-0.2, -0.15) is 0 Å². The Balaban J connectivity index is 1.49. The number of hydrogen-bond acceptors (Lipinski definition) is 4. The Morgan fingerprint density at radius 3 is 2.59 bits per heavy atom. The van der Waals surface area contributed by atoms with Gasteiger partial charge in [-0.25, -0.2) is 0 Å². The van der Waals surface area contributed by atoms with Crippen LogP contribution in [0.5, 0.6) is 0 Å². The van der Waals surface area contributed by atoms with E-state index in [1.54, 1.807) is 17.2 Å². The molecule has 3 heterocycles. The van der Waals surface area contributed by atoms with Crippen molar-refractivity contribution < 1.29 is 14.0 Å². The van der Waals surface area contributed by atoms with Crippen molar-refractivity contribution in [1.82, 2.24) is 10.2 Å². The fourth-order valence-electron chi connectivity index (χ4n) is 4.03. The standard InChI is InChI=1S/C21H25N3O3/c25-20-10-5-13-24(20)17-8-2-1-7-16(17)21(26)22-15-18(19-9-6-14-27-19)23-11-3-4-12-23/h1-2,6-9,14,18H,3-5,10-13,15H2,(H,22,26)/t18-/m0/s1. The molecule has 2 amide bonds. The molecule has 27 heavy (non-hydrogen) atoms. The lowest BCUT2D eigenvalue weighted by molar-refractivity contribution is -0.117. The van der Waals surface area contributed by atoms with Gasteiger partial charge in [0.2, 0.25) is 5.91 Å². The van der Waals surface area contributed by atoms with Crippen molar-refractivity contribution in [3.8, 4) is 0 Å². The molecule has 0 aliphatic carbocycles. The molecule has 0 spiro atoms. The third-order valence-electron chi connectivity index (χ3n) is 5.42. The van der Waals surface area contributed by atoms with Crippen molar-refractivity contribution in [2.24, 2.45) is 0 Å². The second-order valence-electron chi connectivity index (χ2n) is 7.15. The number of carbonyl (C=O) groups is 2. The zero-order valence-corrected chi connectivity index (χ0v) is 15.4. The average Bonchev–Trinajstić information content (AvgIpc) is 3.45. The van der Waals surface area contributed by atoms with Gasteiger partial charge in [0.1, 0.15) is 5.76 Å². The molecule has 142 valence electrons. The molecule has 0 radical (unpaired) electrons. The predicted molar refractivity (Wildman–Crippen MR) is 103 cm³/mol. The molecule has 2 fully saturated rings. The summed E-state index contributed by atoms with van der Waals surface area (Å²) in [6.45, 7) is 3.18. The van der Waals surface area contributed by atoms with Crippen LogP contribution in [0.2, 0.25) is 0 Å². The molecule has 1 aromatic carbocycles. The summed E-state index contributed by atoms with van der Waals surface area (Å²) in [5, 5.41) is 3.06. The van der Waals surface area contributed by atoms with Crippen LogP contribution in [0.3, 0.4) is 0 Å². The minimum Gasteiger partial charge on any atom is -0.468 e. The molecule has 2 aliphatic heterocycles. The van der Waals surface area contributed by atoms with Crippen LogP contribution in [-0.4, -0.2) is 42.9 Å². The lowest BCUT2D eigenvalue weighted by Crippen LogP contribution is -2.37. The number of carbonyl (C=O) groups excluding carboxylic acids is 2. The number of nitrogens with one attached hydrogen (secondary N) is 1. The van der Waals surface area contributed by atoms with Crippen molar-refractivity contribution >= 4 is 17.5 Å². The van der Waals surface area contributed by atoms with Gasteiger partial charge in [-0.1, -0.05) is 12.1 Å². The number of amides is 2. The SMILES string of the molecule is O=C(NC[C@@H](c1ccco1)N1CCCC1)c1ccccc1N1CCCC1=O. The van der Waals surface area contributed by atoms with Gasteiger partial charge in [-0.05, 0) is 56.6 Å². The van der Waals surface area contributed by atoms with E-state index in [1.807, 2.05) is 30.3 Å². The molecule has 1 N–H and O–H groups in total. The van der Waals surface area contributed by atoms with Crippen molar-refractivity contribution in [2.45, 2.75) is 31.7 Å². The monoisotopic (exact) mass is 367 g/mol. The van der Waals surface area contributed by atoms with Gasteiger partial charge < -0.3 is 14.6 Å².